The standard InChI is InChI=1S/C10H15IO2/c1-6(12)13-9-5-7-3-2-4-8(7)10(9)11/h7-10H,2-5H2,1H3. The number of alkyl halides is 1. The van der Waals surface area contributed by atoms with Gasteiger partial charge in [0.1, 0.15) is 6.10 Å². The summed E-state index contributed by atoms with van der Waals surface area (Å²) in [6, 6.07) is 0. The molecule has 0 saturated heterocycles. The number of carbonyl (C=O) groups is 1. The van der Waals surface area contributed by atoms with Crippen molar-refractivity contribution in [2.75, 3.05) is 0 Å². The molecule has 4 atom stereocenters. The molecule has 0 aromatic carbocycles. The molecule has 0 aliphatic heterocycles. The van der Waals surface area contributed by atoms with E-state index in [2.05, 4.69) is 22.6 Å². The van der Waals surface area contributed by atoms with Crippen molar-refractivity contribution in [2.45, 2.75) is 42.6 Å². The molecule has 2 fully saturated rings. The SMILES string of the molecule is CC(=O)OC1CC2CCCC2C1I. The lowest BCUT2D eigenvalue weighted by molar-refractivity contribution is -0.145. The molecule has 0 radical (unpaired) electrons. The molecule has 13 heavy (non-hydrogen) atoms. The van der Waals surface area contributed by atoms with Crippen LogP contribution in [-0.2, 0) is 9.53 Å². The molecule has 2 aliphatic carbocycles. The van der Waals surface area contributed by atoms with Crippen molar-refractivity contribution in [1.29, 1.82) is 0 Å². The quantitative estimate of drug-likeness (QED) is 0.422. The minimum absolute atomic E-state index is 0.119. The van der Waals surface area contributed by atoms with Gasteiger partial charge in [-0.15, -0.1) is 0 Å². The highest BCUT2D eigenvalue weighted by atomic mass is 127. The molecular formula is C10H15IO2. The lowest BCUT2D eigenvalue weighted by Gasteiger charge is -2.17. The molecule has 2 nitrogen and oxygen atoms in total. The highest BCUT2D eigenvalue weighted by Gasteiger charge is 2.45. The highest BCUT2D eigenvalue weighted by Crippen LogP contribution is 2.48. The van der Waals surface area contributed by atoms with Gasteiger partial charge < -0.3 is 4.74 Å². The van der Waals surface area contributed by atoms with Crippen LogP contribution in [0.3, 0.4) is 0 Å². The first-order valence-electron chi connectivity index (χ1n) is 5.00. The molecule has 0 heterocycles. The van der Waals surface area contributed by atoms with Crippen LogP contribution in [0, 0.1) is 11.8 Å². The Morgan fingerprint density at radius 1 is 1.46 bits per heavy atom. The maximum Gasteiger partial charge on any atom is 0.302 e. The molecule has 0 aromatic rings. The molecule has 2 saturated carbocycles. The molecule has 0 amide bonds. The predicted octanol–water partition coefficient (Wildman–Crippen LogP) is 2.54. The molecule has 2 rings (SSSR count). The van der Waals surface area contributed by atoms with E-state index in [1.165, 1.54) is 26.2 Å². The third-order valence-corrected chi connectivity index (χ3v) is 5.06. The van der Waals surface area contributed by atoms with Crippen LogP contribution in [0.5, 0.6) is 0 Å². The summed E-state index contributed by atoms with van der Waals surface area (Å²) in [4.78, 5) is 10.8. The smallest absolute Gasteiger partial charge is 0.302 e. The van der Waals surface area contributed by atoms with E-state index in [9.17, 15) is 4.79 Å². The van der Waals surface area contributed by atoms with E-state index in [0.29, 0.717) is 3.92 Å². The summed E-state index contributed by atoms with van der Waals surface area (Å²) in [6.07, 6.45) is 5.38. The average Bonchev–Trinajstić information content (AvgIpc) is 2.56. The minimum Gasteiger partial charge on any atom is -0.461 e. The first kappa shape index (κ1) is 9.74. The lowest BCUT2D eigenvalue weighted by atomic mass is 10.0. The van der Waals surface area contributed by atoms with Gasteiger partial charge in [0, 0.05) is 6.92 Å². The molecule has 4 unspecified atom stereocenters. The van der Waals surface area contributed by atoms with E-state index in [4.69, 9.17) is 4.74 Å². The van der Waals surface area contributed by atoms with Gasteiger partial charge >= 0.3 is 5.97 Å². The Kier molecular flexibility index (Phi) is 2.81. The number of carbonyl (C=O) groups excluding carboxylic acids is 1. The second-order valence-corrected chi connectivity index (χ2v) is 5.62. The third-order valence-electron chi connectivity index (χ3n) is 3.33. The van der Waals surface area contributed by atoms with Crippen molar-refractivity contribution >= 4 is 28.6 Å². The molecule has 0 bridgehead atoms. The second kappa shape index (κ2) is 3.75. The number of ether oxygens (including phenoxy) is 1. The summed E-state index contributed by atoms with van der Waals surface area (Å²) in [5.41, 5.74) is 0. The molecule has 3 heteroatoms. The molecule has 0 N–H and O–H groups in total. The monoisotopic (exact) mass is 294 g/mol. The number of hydrogen-bond donors (Lipinski definition) is 0. The summed E-state index contributed by atoms with van der Waals surface area (Å²) in [7, 11) is 0. The molecule has 74 valence electrons. The van der Waals surface area contributed by atoms with Gasteiger partial charge in [-0.25, -0.2) is 0 Å². The van der Waals surface area contributed by atoms with Crippen LogP contribution in [0.1, 0.15) is 32.6 Å². The maximum absolute atomic E-state index is 10.8. The van der Waals surface area contributed by atoms with E-state index in [1.54, 1.807) is 0 Å². The van der Waals surface area contributed by atoms with Crippen molar-refractivity contribution < 1.29 is 9.53 Å². The van der Waals surface area contributed by atoms with Gasteiger partial charge in [-0.1, -0.05) is 29.0 Å². The number of halogens is 1. The van der Waals surface area contributed by atoms with Crippen LogP contribution in [-0.4, -0.2) is 16.0 Å². The minimum atomic E-state index is -0.119. The van der Waals surface area contributed by atoms with Crippen LogP contribution in [0.15, 0.2) is 0 Å². The number of esters is 1. The van der Waals surface area contributed by atoms with Gasteiger partial charge in [-0.05, 0) is 31.1 Å². The van der Waals surface area contributed by atoms with Gasteiger partial charge in [-0.2, -0.15) is 0 Å². The maximum atomic E-state index is 10.8. The van der Waals surface area contributed by atoms with Crippen molar-refractivity contribution in [3.8, 4) is 0 Å². The van der Waals surface area contributed by atoms with Crippen molar-refractivity contribution in [2.24, 2.45) is 11.8 Å². The van der Waals surface area contributed by atoms with E-state index >= 15 is 0 Å². The van der Waals surface area contributed by atoms with Crippen molar-refractivity contribution in [3.05, 3.63) is 0 Å². The van der Waals surface area contributed by atoms with Gasteiger partial charge in [0.05, 0.1) is 3.92 Å². The fraction of sp³-hybridized carbons (Fsp3) is 0.900. The Hall–Kier alpha value is 0.200. The van der Waals surface area contributed by atoms with Crippen molar-refractivity contribution in [1.82, 2.24) is 0 Å². The van der Waals surface area contributed by atoms with Gasteiger partial charge in [0.2, 0.25) is 0 Å². The molecule has 0 aromatic heterocycles. The molecule has 0 spiro atoms. The molecule has 2 aliphatic rings. The van der Waals surface area contributed by atoms with Crippen molar-refractivity contribution in [3.63, 3.8) is 0 Å². The largest absolute Gasteiger partial charge is 0.461 e. The Bertz CT molecular complexity index is 217. The number of rotatable bonds is 1. The number of fused-ring (bicyclic) bond motifs is 1. The summed E-state index contributed by atoms with van der Waals surface area (Å²) in [5, 5.41) is 0. The first-order valence-corrected chi connectivity index (χ1v) is 6.24. The topological polar surface area (TPSA) is 26.3 Å². The summed E-state index contributed by atoms with van der Waals surface area (Å²) in [6.45, 7) is 1.51. The Labute approximate surface area is 92.5 Å². The average molecular weight is 294 g/mol. The Morgan fingerprint density at radius 2 is 2.23 bits per heavy atom. The zero-order chi connectivity index (χ0) is 9.42. The molecular weight excluding hydrogens is 279 g/mol. The van der Waals surface area contributed by atoms with E-state index < -0.39 is 0 Å². The van der Waals surface area contributed by atoms with Crippen LogP contribution in [0.25, 0.3) is 0 Å². The predicted molar refractivity (Wildman–Crippen MR) is 58.8 cm³/mol. The summed E-state index contributed by atoms with van der Waals surface area (Å²) in [5.74, 6) is 1.54. The normalized spacial score (nSPS) is 43.2. The Morgan fingerprint density at radius 3 is 2.85 bits per heavy atom. The Balaban J connectivity index is 1.98. The van der Waals surface area contributed by atoms with E-state index in [0.717, 1.165) is 18.3 Å². The second-order valence-electron chi connectivity index (χ2n) is 4.18. The summed E-state index contributed by atoms with van der Waals surface area (Å²) < 4.78 is 5.88. The fourth-order valence-electron chi connectivity index (χ4n) is 2.81. The van der Waals surface area contributed by atoms with Gasteiger partial charge in [-0.3, -0.25) is 4.79 Å². The fourth-order valence-corrected chi connectivity index (χ4v) is 4.19. The third kappa shape index (κ3) is 1.85. The van der Waals surface area contributed by atoms with E-state index in [1.807, 2.05) is 0 Å². The van der Waals surface area contributed by atoms with Gasteiger partial charge in [0.25, 0.3) is 0 Å². The summed E-state index contributed by atoms with van der Waals surface area (Å²) >= 11 is 2.47. The lowest BCUT2D eigenvalue weighted by Crippen LogP contribution is -2.23. The zero-order valence-electron chi connectivity index (χ0n) is 7.83. The van der Waals surface area contributed by atoms with Crippen LogP contribution in [0.4, 0.5) is 0 Å². The van der Waals surface area contributed by atoms with E-state index in [-0.39, 0.29) is 12.1 Å². The number of hydrogen-bond acceptors (Lipinski definition) is 2. The van der Waals surface area contributed by atoms with Crippen LogP contribution < -0.4 is 0 Å². The van der Waals surface area contributed by atoms with Crippen LogP contribution in [0.2, 0.25) is 0 Å². The van der Waals surface area contributed by atoms with Crippen LogP contribution >= 0.6 is 22.6 Å². The zero-order valence-corrected chi connectivity index (χ0v) is 9.99. The highest BCUT2D eigenvalue weighted by molar-refractivity contribution is 14.1. The van der Waals surface area contributed by atoms with Gasteiger partial charge in [0.15, 0.2) is 0 Å². The first-order chi connectivity index (χ1) is 6.18.